The second kappa shape index (κ2) is 7.92. The van der Waals surface area contributed by atoms with Crippen LogP contribution in [0.15, 0.2) is 30.9 Å². The molecule has 0 heterocycles. The summed E-state index contributed by atoms with van der Waals surface area (Å²) in [4.78, 5) is 13.2. The van der Waals surface area contributed by atoms with Gasteiger partial charge < -0.3 is 15.3 Å². The van der Waals surface area contributed by atoms with Crippen molar-refractivity contribution in [1.82, 2.24) is 10.2 Å². The molecule has 0 spiro atoms. The Morgan fingerprint density at radius 1 is 1.60 bits per heavy atom. The molecule has 1 aromatic carbocycles. The SMILES string of the molecule is C=CCN(CCO)C(=O)NCc1ccc(C#N)cc1F. The maximum Gasteiger partial charge on any atom is 0.318 e. The number of aliphatic hydroxyl groups is 1. The maximum absolute atomic E-state index is 13.6. The second-order valence-electron chi connectivity index (χ2n) is 4.03. The average molecular weight is 277 g/mol. The van der Waals surface area contributed by atoms with E-state index in [1.807, 2.05) is 6.07 Å². The molecule has 0 aromatic heterocycles. The lowest BCUT2D eigenvalue weighted by molar-refractivity contribution is 0.183. The summed E-state index contributed by atoms with van der Waals surface area (Å²) in [7, 11) is 0. The molecule has 1 aromatic rings. The topological polar surface area (TPSA) is 76.4 Å². The number of nitrogens with one attached hydrogen (secondary N) is 1. The molecule has 0 fully saturated rings. The Morgan fingerprint density at radius 3 is 2.90 bits per heavy atom. The number of hydrogen-bond donors (Lipinski definition) is 2. The molecular formula is C14H16FN3O2. The van der Waals surface area contributed by atoms with E-state index in [0.717, 1.165) is 6.07 Å². The van der Waals surface area contributed by atoms with Gasteiger partial charge in [-0.2, -0.15) is 5.26 Å². The first-order valence-corrected chi connectivity index (χ1v) is 6.05. The molecule has 20 heavy (non-hydrogen) atoms. The molecule has 106 valence electrons. The second-order valence-corrected chi connectivity index (χ2v) is 4.03. The van der Waals surface area contributed by atoms with Crippen molar-refractivity contribution in [3.63, 3.8) is 0 Å². The van der Waals surface area contributed by atoms with Crippen LogP contribution in [0.4, 0.5) is 9.18 Å². The number of rotatable bonds is 6. The van der Waals surface area contributed by atoms with Crippen molar-refractivity contribution in [3.05, 3.63) is 47.8 Å². The van der Waals surface area contributed by atoms with Crippen LogP contribution in [0, 0.1) is 17.1 Å². The fourth-order valence-corrected chi connectivity index (χ4v) is 1.60. The normalized spacial score (nSPS) is 9.65. The van der Waals surface area contributed by atoms with Crippen LogP contribution in [-0.2, 0) is 6.54 Å². The van der Waals surface area contributed by atoms with Crippen molar-refractivity contribution in [2.75, 3.05) is 19.7 Å². The van der Waals surface area contributed by atoms with Crippen LogP contribution in [0.2, 0.25) is 0 Å². The molecule has 0 saturated heterocycles. The molecule has 0 bridgehead atoms. The smallest absolute Gasteiger partial charge is 0.318 e. The predicted molar refractivity (Wildman–Crippen MR) is 72.2 cm³/mol. The summed E-state index contributed by atoms with van der Waals surface area (Å²) in [6.45, 7) is 3.84. The summed E-state index contributed by atoms with van der Waals surface area (Å²) in [5.74, 6) is -0.540. The molecule has 0 aliphatic heterocycles. The summed E-state index contributed by atoms with van der Waals surface area (Å²) in [5.41, 5.74) is 0.519. The highest BCUT2D eigenvalue weighted by atomic mass is 19.1. The standard InChI is InChI=1S/C14H16FN3O2/c1-2-5-18(6-7-19)14(20)17-10-12-4-3-11(9-16)8-13(12)15/h2-4,8,19H,1,5-7,10H2,(H,17,20). The van der Waals surface area contributed by atoms with Gasteiger partial charge in [0.25, 0.3) is 0 Å². The van der Waals surface area contributed by atoms with Gasteiger partial charge >= 0.3 is 6.03 Å². The van der Waals surface area contributed by atoms with E-state index in [0.29, 0.717) is 12.1 Å². The van der Waals surface area contributed by atoms with Gasteiger partial charge in [0.15, 0.2) is 0 Å². The summed E-state index contributed by atoms with van der Waals surface area (Å²) in [6.07, 6.45) is 1.54. The molecule has 0 atom stereocenters. The highest BCUT2D eigenvalue weighted by Crippen LogP contribution is 2.09. The van der Waals surface area contributed by atoms with Crippen molar-refractivity contribution in [3.8, 4) is 6.07 Å². The maximum atomic E-state index is 13.6. The Bertz CT molecular complexity index is 526. The van der Waals surface area contributed by atoms with E-state index in [1.54, 1.807) is 0 Å². The van der Waals surface area contributed by atoms with Gasteiger partial charge in [-0.3, -0.25) is 0 Å². The van der Waals surface area contributed by atoms with Gasteiger partial charge in [0.1, 0.15) is 5.82 Å². The van der Waals surface area contributed by atoms with Crippen molar-refractivity contribution in [2.24, 2.45) is 0 Å². The summed E-state index contributed by atoms with van der Waals surface area (Å²) in [5, 5.41) is 20.0. The molecule has 2 amide bonds. The largest absolute Gasteiger partial charge is 0.395 e. The molecule has 0 unspecified atom stereocenters. The Morgan fingerprint density at radius 2 is 2.35 bits per heavy atom. The number of halogens is 1. The molecular weight excluding hydrogens is 261 g/mol. The van der Waals surface area contributed by atoms with E-state index in [1.165, 1.54) is 23.1 Å². The lowest BCUT2D eigenvalue weighted by Gasteiger charge is -2.20. The third-order valence-corrected chi connectivity index (χ3v) is 2.62. The van der Waals surface area contributed by atoms with E-state index in [-0.39, 0.29) is 25.3 Å². The Kier molecular flexibility index (Phi) is 6.20. The Labute approximate surface area is 116 Å². The third kappa shape index (κ3) is 4.37. The molecule has 2 N–H and O–H groups in total. The van der Waals surface area contributed by atoms with Gasteiger partial charge in [-0.25, -0.2) is 9.18 Å². The summed E-state index contributed by atoms with van der Waals surface area (Å²) < 4.78 is 13.6. The summed E-state index contributed by atoms with van der Waals surface area (Å²) >= 11 is 0. The Balaban J connectivity index is 2.64. The number of benzene rings is 1. The van der Waals surface area contributed by atoms with E-state index in [4.69, 9.17) is 10.4 Å². The first-order valence-electron chi connectivity index (χ1n) is 6.05. The molecule has 0 saturated carbocycles. The van der Waals surface area contributed by atoms with Crippen LogP contribution >= 0.6 is 0 Å². The number of nitrogens with zero attached hydrogens (tertiary/aromatic N) is 2. The zero-order chi connectivity index (χ0) is 15.0. The van der Waals surface area contributed by atoms with Crippen molar-refractivity contribution in [2.45, 2.75) is 6.54 Å². The first-order chi connectivity index (χ1) is 9.62. The molecule has 6 heteroatoms. The minimum absolute atomic E-state index is 0.00937. The highest BCUT2D eigenvalue weighted by molar-refractivity contribution is 5.74. The van der Waals surface area contributed by atoms with Crippen LogP contribution in [0.3, 0.4) is 0 Å². The number of amides is 2. The van der Waals surface area contributed by atoms with Gasteiger partial charge in [-0.1, -0.05) is 12.1 Å². The van der Waals surface area contributed by atoms with Gasteiger partial charge in [0.2, 0.25) is 0 Å². The van der Waals surface area contributed by atoms with Gasteiger partial charge in [-0.05, 0) is 12.1 Å². The average Bonchev–Trinajstić information content (AvgIpc) is 2.45. The third-order valence-electron chi connectivity index (χ3n) is 2.62. The number of nitriles is 1. The van der Waals surface area contributed by atoms with Crippen molar-refractivity contribution in [1.29, 1.82) is 5.26 Å². The minimum atomic E-state index is -0.540. The first kappa shape index (κ1) is 15.7. The number of carbonyl (C=O) groups excluding carboxylic acids is 1. The van der Waals surface area contributed by atoms with E-state index in [2.05, 4.69) is 11.9 Å². The molecule has 0 aliphatic carbocycles. The fraction of sp³-hybridized carbons (Fsp3) is 0.286. The lowest BCUT2D eigenvalue weighted by atomic mass is 10.1. The number of aliphatic hydroxyl groups excluding tert-OH is 1. The van der Waals surface area contributed by atoms with E-state index >= 15 is 0 Å². The van der Waals surface area contributed by atoms with Gasteiger partial charge in [-0.15, -0.1) is 6.58 Å². The molecule has 0 aliphatic rings. The van der Waals surface area contributed by atoms with Crippen LogP contribution in [0.5, 0.6) is 0 Å². The Hall–Kier alpha value is -2.39. The predicted octanol–water partition coefficient (Wildman–Crippen LogP) is 1.39. The minimum Gasteiger partial charge on any atom is -0.395 e. The monoisotopic (exact) mass is 277 g/mol. The van der Waals surface area contributed by atoms with Gasteiger partial charge in [0, 0.05) is 25.2 Å². The number of hydrogen-bond acceptors (Lipinski definition) is 3. The molecule has 1 rings (SSSR count). The van der Waals surface area contributed by atoms with E-state index < -0.39 is 11.8 Å². The zero-order valence-electron chi connectivity index (χ0n) is 11.0. The molecule has 5 nitrogen and oxygen atoms in total. The summed E-state index contributed by atoms with van der Waals surface area (Å²) in [6, 6.07) is 5.49. The molecule has 0 radical (unpaired) electrons. The zero-order valence-corrected chi connectivity index (χ0v) is 11.0. The van der Waals surface area contributed by atoms with Crippen LogP contribution in [-0.4, -0.2) is 35.7 Å². The quantitative estimate of drug-likeness (QED) is 0.771. The van der Waals surface area contributed by atoms with E-state index in [9.17, 15) is 9.18 Å². The van der Waals surface area contributed by atoms with Crippen molar-refractivity contribution >= 4 is 6.03 Å². The van der Waals surface area contributed by atoms with Crippen LogP contribution < -0.4 is 5.32 Å². The van der Waals surface area contributed by atoms with Crippen LogP contribution in [0.1, 0.15) is 11.1 Å². The highest BCUT2D eigenvalue weighted by Gasteiger charge is 2.12. The number of urea groups is 1. The van der Waals surface area contributed by atoms with Crippen molar-refractivity contribution < 1.29 is 14.3 Å². The fourth-order valence-electron chi connectivity index (χ4n) is 1.60. The van der Waals surface area contributed by atoms with Crippen LogP contribution in [0.25, 0.3) is 0 Å². The lowest BCUT2D eigenvalue weighted by Crippen LogP contribution is -2.41. The van der Waals surface area contributed by atoms with Gasteiger partial charge in [0.05, 0.1) is 18.2 Å². The number of carbonyl (C=O) groups is 1.